The summed E-state index contributed by atoms with van der Waals surface area (Å²) in [5.74, 6) is -0.345. The maximum Gasteiger partial charge on any atom is 0.237 e. The molecule has 0 aromatic rings. The van der Waals surface area contributed by atoms with Crippen LogP contribution in [0.5, 0.6) is 0 Å². The van der Waals surface area contributed by atoms with Crippen LogP contribution in [0.1, 0.15) is 27.2 Å². The van der Waals surface area contributed by atoms with Crippen molar-refractivity contribution < 1.29 is 9.53 Å². The standard InChI is InChI=1S/C9H20N2O2/c1-5-7(6-13-4)11-9(2,3)8(10)12/h7,11H,5-6H2,1-4H3,(H2,10,12). The minimum atomic E-state index is -0.667. The third kappa shape index (κ3) is 4.24. The molecule has 4 nitrogen and oxygen atoms in total. The number of amides is 1. The molecule has 0 aromatic heterocycles. The molecule has 0 aliphatic carbocycles. The van der Waals surface area contributed by atoms with E-state index in [1.807, 2.05) is 6.92 Å². The van der Waals surface area contributed by atoms with Gasteiger partial charge in [0.1, 0.15) is 0 Å². The highest BCUT2D eigenvalue weighted by molar-refractivity contribution is 5.83. The second-order valence-corrected chi connectivity index (χ2v) is 3.69. The average Bonchev–Trinajstić information content (AvgIpc) is 2.03. The lowest BCUT2D eigenvalue weighted by molar-refractivity contribution is -0.123. The number of methoxy groups -OCH3 is 1. The second-order valence-electron chi connectivity index (χ2n) is 3.69. The summed E-state index contributed by atoms with van der Waals surface area (Å²) in [4.78, 5) is 11.0. The maximum absolute atomic E-state index is 11.0. The molecule has 0 fully saturated rings. The van der Waals surface area contributed by atoms with E-state index in [2.05, 4.69) is 5.32 Å². The molecule has 0 bridgehead atoms. The Kier molecular flexibility index (Phi) is 4.95. The number of carbonyl (C=O) groups is 1. The van der Waals surface area contributed by atoms with Gasteiger partial charge in [-0.1, -0.05) is 6.92 Å². The van der Waals surface area contributed by atoms with Gasteiger partial charge in [-0.3, -0.25) is 10.1 Å². The first-order chi connectivity index (χ1) is 5.94. The van der Waals surface area contributed by atoms with E-state index in [0.29, 0.717) is 6.61 Å². The number of ether oxygens (including phenoxy) is 1. The Labute approximate surface area is 79.8 Å². The Bertz CT molecular complexity index is 169. The highest BCUT2D eigenvalue weighted by Gasteiger charge is 2.26. The molecule has 0 saturated heterocycles. The normalized spacial score (nSPS) is 14.2. The number of hydrogen-bond donors (Lipinski definition) is 2. The zero-order chi connectivity index (χ0) is 10.5. The zero-order valence-corrected chi connectivity index (χ0v) is 8.89. The lowest BCUT2D eigenvalue weighted by atomic mass is 10.0. The summed E-state index contributed by atoms with van der Waals surface area (Å²) in [6.45, 7) is 6.17. The fourth-order valence-electron chi connectivity index (χ4n) is 1.04. The van der Waals surface area contributed by atoms with Crippen LogP contribution < -0.4 is 11.1 Å². The Hall–Kier alpha value is -0.610. The van der Waals surface area contributed by atoms with Crippen LogP contribution in [0.3, 0.4) is 0 Å². The number of nitrogens with two attached hydrogens (primary N) is 1. The average molecular weight is 188 g/mol. The van der Waals surface area contributed by atoms with Crippen molar-refractivity contribution in [2.75, 3.05) is 13.7 Å². The van der Waals surface area contributed by atoms with Crippen molar-refractivity contribution in [3.63, 3.8) is 0 Å². The van der Waals surface area contributed by atoms with Crippen LogP contribution >= 0.6 is 0 Å². The van der Waals surface area contributed by atoms with Gasteiger partial charge in [-0.15, -0.1) is 0 Å². The second kappa shape index (κ2) is 5.19. The van der Waals surface area contributed by atoms with E-state index in [4.69, 9.17) is 10.5 Å². The third-order valence-corrected chi connectivity index (χ3v) is 2.04. The van der Waals surface area contributed by atoms with Crippen LogP contribution in [-0.2, 0) is 9.53 Å². The Morgan fingerprint density at radius 3 is 2.46 bits per heavy atom. The summed E-state index contributed by atoms with van der Waals surface area (Å²) < 4.78 is 5.01. The van der Waals surface area contributed by atoms with Gasteiger partial charge in [0.25, 0.3) is 0 Å². The van der Waals surface area contributed by atoms with Gasteiger partial charge in [-0.2, -0.15) is 0 Å². The van der Waals surface area contributed by atoms with E-state index >= 15 is 0 Å². The van der Waals surface area contributed by atoms with E-state index in [1.165, 1.54) is 0 Å². The molecule has 0 saturated carbocycles. The number of hydrogen-bond acceptors (Lipinski definition) is 3. The smallest absolute Gasteiger partial charge is 0.237 e. The minimum absolute atomic E-state index is 0.174. The largest absolute Gasteiger partial charge is 0.383 e. The van der Waals surface area contributed by atoms with E-state index in [9.17, 15) is 4.79 Å². The molecular formula is C9H20N2O2. The minimum Gasteiger partial charge on any atom is -0.383 e. The lowest BCUT2D eigenvalue weighted by Gasteiger charge is -2.28. The van der Waals surface area contributed by atoms with Crippen molar-refractivity contribution in [3.8, 4) is 0 Å². The first-order valence-corrected chi connectivity index (χ1v) is 4.50. The molecule has 0 rings (SSSR count). The van der Waals surface area contributed by atoms with Crippen molar-refractivity contribution in [2.45, 2.75) is 38.8 Å². The predicted molar refractivity (Wildman–Crippen MR) is 52.4 cm³/mol. The van der Waals surface area contributed by atoms with E-state index in [1.54, 1.807) is 21.0 Å². The van der Waals surface area contributed by atoms with Gasteiger partial charge in [0.05, 0.1) is 12.1 Å². The molecule has 1 unspecified atom stereocenters. The van der Waals surface area contributed by atoms with Gasteiger partial charge in [0, 0.05) is 13.2 Å². The number of carbonyl (C=O) groups excluding carboxylic acids is 1. The third-order valence-electron chi connectivity index (χ3n) is 2.04. The lowest BCUT2D eigenvalue weighted by Crippen LogP contribution is -2.55. The van der Waals surface area contributed by atoms with E-state index in [0.717, 1.165) is 6.42 Å². The van der Waals surface area contributed by atoms with Crippen LogP contribution in [-0.4, -0.2) is 31.2 Å². The van der Waals surface area contributed by atoms with Crippen molar-refractivity contribution in [1.82, 2.24) is 5.32 Å². The number of rotatable bonds is 6. The Balaban J connectivity index is 4.13. The van der Waals surface area contributed by atoms with Gasteiger partial charge in [0.15, 0.2) is 0 Å². The first kappa shape index (κ1) is 12.4. The molecular weight excluding hydrogens is 168 g/mol. The van der Waals surface area contributed by atoms with Crippen LogP contribution in [0.15, 0.2) is 0 Å². The number of primary amides is 1. The summed E-state index contributed by atoms with van der Waals surface area (Å²) >= 11 is 0. The predicted octanol–water partition coefficient (Wildman–Crippen LogP) is 0.265. The van der Waals surface area contributed by atoms with Gasteiger partial charge in [0.2, 0.25) is 5.91 Å². The molecule has 0 aromatic carbocycles. The molecule has 0 radical (unpaired) electrons. The summed E-state index contributed by atoms with van der Waals surface area (Å²) in [6.07, 6.45) is 0.907. The van der Waals surface area contributed by atoms with Crippen molar-refractivity contribution in [2.24, 2.45) is 5.73 Å². The highest BCUT2D eigenvalue weighted by atomic mass is 16.5. The molecule has 0 aliphatic heterocycles. The van der Waals surface area contributed by atoms with Crippen molar-refractivity contribution in [1.29, 1.82) is 0 Å². The van der Waals surface area contributed by atoms with Gasteiger partial charge < -0.3 is 10.5 Å². The molecule has 13 heavy (non-hydrogen) atoms. The summed E-state index contributed by atoms with van der Waals surface area (Å²) in [7, 11) is 1.64. The summed E-state index contributed by atoms with van der Waals surface area (Å²) in [6, 6.07) is 0.174. The van der Waals surface area contributed by atoms with Crippen LogP contribution in [0.25, 0.3) is 0 Å². The van der Waals surface area contributed by atoms with Gasteiger partial charge >= 0.3 is 0 Å². The Morgan fingerprint density at radius 2 is 2.15 bits per heavy atom. The topological polar surface area (TPSA) is 64.3 Å². The SMILES string of the molecule is CCC(COC)NC(C)(C)C(N)=O. The maximum atomic E-state index is 11.0. The molecule has 78 valence electrons. The van der Waals surface area contributed by atoms with Crippen LogP contribution in [0, 0.1) is 0 Å². The molecule has 0 spiro atoms. The van der Waals surface area contributed by atoms with Crippen LogP contribution in [0.2, 0.25) is 0 Å². The molecule has 1 atom stereocenters. The van der Waals surface area contributed by atoms with Crippen molar-refractivity contribution in [3.05, 3.63) is 0 Å². The monoisotopic (exact) mass is 188 g/mol. The van der Waals surface area contributed by atoms with Crippen LogP contribution in [0.4, 0.5) is 0 Å². The van der Waals surface area contributed by atoms with Gasteiger partial charge in [-0.05, 0) is 20.3 Å². The number of nitrogens with one attached hydrogen (secondary N) is 1. The highest BCUT2D eigenvalue weighted by Crippen LogP contribution is 2.04. The molecule has 3 N–H and O–H groups in total. The zero-order valence-electron chi connectivity index (χ0n) is 8.89. The first-order valence-electron chi connectivity index (χ1n) is 4.50. The molecule has 0 aliphatic rings. The van der Waals surface area contributed by atoms with Crippen molar-refractivity contribution >= 4 is 5.91 Å². The molecule has 4 heteroatoms. The quantitative estimate of drug-likeness (QED) is 0.628. The molecule has 1 amide bonds. The fraction of sp³-hybridized carbons (Fsp3) is 0.889. The molecule has 0 heterocycles. The van der Waals surface area contributed by atoms with E-state index in [-0.39, 0.29) is 11.9 Å². The van der Waals surface area contributed by atoms with E-state index < -0.39 is 5.54 Å². The Morgan fingerprint density at radius 1 is 1.62 bits per heavy atom. The summed E-state index contributed by atoms with van der Waals surface area (Å²) in [5.41, 5.74) is 4.56. The van der Waals surface area contributed by atoms with Gasteiger partial charge in [-0.25, -0.2) is 0 Å². The fourth-order valence-corrected chi connectivity index (χ4v) is 1.04. The summed E-state index contributed by atoms with van der Waals surface area (Å²) in [5, 5.41) is 3.14.